The molecule has 1 saturated heterocycles. The molecule has 3 aromatic rings. The number of nitrogens with zero attached hydrogens (tertiary/aromatic N) is 5. The third-order valence-electron chi connectivity index (χ3n) is 6.27. The maximum absolute atomic E-state index is 13.3. The molecule has 8 nitrogen and oxygen atoms in total. The number of hydrogen-bond donors (Lipinski definition) is 1. The number of carbonyl (C=O) groups is 1. The summed E-state index contributed by atoms with van der Waals surface area (Å²) in [6.45, 7) is 4.05. The Morgan fingerprint density at radius 3 is 2.73 bits per heavy atom. The maximum Gasteiger partial charge on any atom is 0.234 e. The van der Waals surface area contributed by atoms with Crippen LogP contribution in [-0.2, 0) is 16.9 Å². The number of nitrogens with two attached hydrogens (primary N) is 1. The number of benzene rings is 1. The smallest absolute Gasteiger partial charge is 0.234 e. The Bertz CT molecular complexity index is 1130. The molecule has 2 fully saturated rings. The predicted octanol–water partition coefficient (Wildman–Crippen LogP) is 2.26. The molecule has 2 aliphatic rings. The first kappa shape index (κ1) is 18.8. The molecule has 0 spiro atoms. The van der Waals surface area contributed by atoms with Crippen LogP contribution >= 0.6 is 0 Å². The van der Waals surface area contributed by atoms with E-state index in [0.29, 0.717) is 36.5 Å². The van der Waals surface area contributed by atoms with E-state index in [4.69, 9.17) is 10.2 Å². The highest BCUT2D eigenvalue weighted by Crippen LogP contribution is 2.65. The van der Waals surface area contributed by atoms with Gasteiger partial charge in [0, 0.05) is 12.5 Å². The van der Waals surface area contributed by atoms with Crippen molar-refractivity contribution in [2.24, 2.45) is 11.7 Å². The first-order valence-electron chi connectivity index (χ1n) is 9.82. The molecule has 0 bridgehead atoms. The maximum atomic E-state index is 13.3. The van der Waals surface area contributed by atoms with Crippen LogP contribution in [0.4, 0.5) is 4.39 Å². The number of amides is 1. The topological polar surface area (TPSA) is 111 Å². The first-order chi connectivity index (χ1) is 14.4. The second-order valence-electron chi connectivity index (χ2n) is 8.08. The van der Waals surface area contributed by atoms with Crippen molar-refractivity contribution in [3.63, 3.8) is 0 Å². The number of aryl methyl sites for hydroxylation is 2. The molecule has 1 amide bonds. The van der Waals surface area contributed by atoms with Gasteiger partial charge in [-0.25, -0.2) is 14.4 Å². The lowest BCUT2D eigenvalue weighted by Crippen LogP contribution is -2.46. The van der Waals surface area contributed by atoms with Crippen molar-refractivity contribution in [3.8, 4) is 11.4 Å². The summed E-state index contributed by atoms with van der Waals surface area (Å²) < 4.78 is 18.9. The Morgan fingerprint density at radius 2 is 2.07 bits per heavy atom. The van der Waals surface area contributed by atoms with Gasteiger partial charge in [0.25, 0.3) is 0 Å². The summed E-state index contributed by atoms with van der Waals surface area (Å²) in [4.78, 5) is 22.5. The molecular formula is C21H21FN6O2. The van der Waals surface area contributed by atoms with Crippen molar-refractivity contribution in [2.75, 3.05) is 0 Å². The quantitative estimate of drug-likeness (QED) is 0.689. The summed E-state index contributed by atoms with van der Waals surface area (Å²) in [5, 5.41) is 8.00. The monoisotopic (exact) mass is 408 g/mol. The zero-order valence-electron chi connectivity index (χ0n) is 16.7. The van der Waals surface area contributed by atoms with E-state index >= 15 is 0 Å². The van der Waals surface area contributed by atoms with Crippen LogP contribution in [0.1, 0.15) is 35.7 Å². The van der Waals surface area contributed by atoms with Crippen LogP contribution in [0, 0.1) is 25.6 Å². The Morgan fingerprint density at radius 1 is 1.30 bits per heavy atom. The van der Waals surface area contributed by atoms with Crippen LogP contribution in [0.25, 0.3) is 11.4 Å². The molecule has 2 aromatic heterocycles. The number of likely N-dealkylation sites (tertiary alicyclic amines) is 1. The predicted molar refractivity (Wildman–Crippen MR) is 104 cm³/mol. The van der Waals surface area contributed by atoms with Crippen LogP contribution in [0.5, 0.6) is 0 Å². The van der Waals surface area contributed by atoms with E-state index in [2.05, 4.69) is 31.1 Å². The van der Waals surface area contributed by atoms with Gasteiger partial charge in [0.05, 0.1) is 30.5 Å². The molecule has 1 aromatic carbocycles. The highest BCUT2D eigenvalue weighted by atomic mass is 19.1. The number of primary amides is 1. The normalized spacial score (nSPS) is 25.3. The minimum atomic E-state index is -0.477. The summed E-state index contributed by atoms with van der Waals surface area (Å²) >= 11 is 0. The minimum Gasteiger partial charge on any atom is -0.424 e. The second kappa shape index (κ2) is 6.66. The number of halogens is 1. The molecule has 1 aliphatic heterocycles. The van der Waals surface area contributed by atoms with E-state index in [1.54, 1.807) is 6.92 Å². The molecule has 3 heterocycles. The highest BCUT2D eigenvalue weighted by Gasteiger charge is 2.67. The molecule has 3 atom stereocenters. The van der Waals surface area contributed by atoms with Crippen LogP contribution in [0.15, 0.2) is 35.0 Å². The van der Waals surface area contributed by atoms with Gasteiger partial charge in [-0.2, -0.15) is 0 Å². The molecule has 30 heavy (non-hydrogen) atoms. The summed E-state index contributed by atoms with van der Waals surface area (Å²) in [6.07, 6.45) is 3.93. The molecule has 0 radical (unpaired) electrons. The zero-order valence-corrected chi connectivity index (χ0v) is 16.7. The SMILES string of the molecule is Cc1nnc(CN2C(C(N)=O)CC3CC32c2ccc(C)c(-c3ncc(F)cn3)c2)o1. The van der Waals surface area contributed by atoms with Crippen molar-refractivity contribution in [1.29, 1.82) is 0 Å². The second-order valence-corrected chi connectivity index (χ2v) is 8.08. The van der Waals surface area contributed by atoms with Crippen molar-refractivity contribution in [1.82, 2.24) is 25.1 Å². The van der Waals surface area contributed by atoms with E-state index in [9.17, 15) is 9.18 Å². The molecule has 1 aliphatic carbocycles. The third kappa shape index (κ3) is 2.88. The molecule has 1 saturated carbocycles. The molecule has 154 valence electrons. The fraction of sp³-hybridized carbons (Fsp3) is 0.381. The Hall–Kier alpha value is -3.20. The van der Waals surface area contributed by atoms with Crippen molar-refractivity contribution in [2.45, 2.75) is 44.8 Å². The van der Waals surface area contributed by atoms with E-state index in [-0.39, 0.29) is 11.4 Å². The number of fused-ring (bicyclic) bond motifs is 1. The van der Waals surface area contributed by atoms with Gasteiger partial charge in [-0.15, -0.1) is 10.2 Å². The Labute approximate surface area is 172 Å². The molecule has 9 heteroatoms. The number of hydrogen-bond acceptors (Lipinski definition) is 7. The fourth-order valence-corrected chi connectivity index (χ4v) is 4.79. The highest BCUT2D eigenvalue weighted by molar-refractivity contribution is 5.81. The van der Waals surface area contributed by atoms with Gasteiger partial charge in [0.1, 0.15) is 0 Å². The van der Waals surface area contributed by atoms with Gasteiger partial charge in [-0.05, 0) is 42.9 Å². The first-order valence-corrected chi connectivity index (χ1v) is 9.82. The van der Waals surface area contributed by atoms with Gasteiger partial charge in [-0.1, -0.05) is 12.1 Å². The minimum absolute atomic E-state index is 0.309. The number of aromatic nitrogens is 4. The zero-order chi connectivity index (χ0) is 21.0. The third-order valence-corrected chi connectivity index (χ3v) is 6.27. The number of rotatable bonds is 5. The van der Waals surface area contributed by atoms with E-state index in [1.165, 1.54) is 0 Å². The van der Waals surface area contributed by atoms with Crippen molar-refractivity contribution < 1.29 is 13.6 Å². The lowest BCUT2D eigenvalue weighted by Gasteiger charge is -2.32. The lowest BCUT2D eigenvalue weighted by atomic mass is 9.96. The van der Waals surface area contributed by atoms with Crippen LogP contribution < -0.4 is 5.73 Å². The van der Waals surface area contributed by atoms with E-state index in [1.807, 2.05) is 19.1 Å². The van der Waals surface area contributed by atoms with Crippen molar-refractivity contribution >= 4 is 5.91 Å². The van der Waals surface area contributed by atoms with Gasteiger partial charge < -0.3 is 10.2 Å². The molecular weight excluding hydrogens is 387 g/mol. The summed E-state index contributed by atoms with van der Waals surface area (Å²) in [5.41, 5.74) is 8.28. The van der Waals surface area contributed by atoms with E-state index in [0.717, 1.165) is 35.5 Å². The van der Waals surface area contributed by atoms with E-state index < -0.39 is 11.9 Å². The Balaban J connectivity index is 1.56. The average Bonchev–Trinajstić information content (AvgIpc) is 3.15. The van der Waals surface area contributed by atoms with Gasteiger partial charge >= 0.3 is 0 Å². The van der Waals surface area contributed by atoms with Gasteiger partial charge in [-0.3, -0.25) is 9.69 Å². The van der Waals surface area contributed by atoms with Crippen LogP contribution in [0.2, 0.25) is 0 Å². The molecule has 3 unspecified atom stereocenters. The van der Waals surface area contributed by atoms with Crippen LogP contribution in [-0.4, -0.2) is 37.0 Å². The average molecular weight is 408 g/mol. The Kier molecular flexibility index (Phi) is 4.18. The largest absolute Gasteiger partial charge is 0.424 e. The van der Waals surface area contributed by atoms with Gasteiger partial charge in [0.2, 0.25) is 17.7 Å². The number of piperidine rings is 1. The van der Waals surface area contributed by atoms with Crippen LogP contribution in [0.3, 0.4) is 0 Å². The van der Waals surface area contributed by atoms with Crippen molar-refractivity contribution in [3.05, 3.63) is 59.3 Å². The standard InChI is InChI=1S/C21H21FN6O2/c1-11-3-4-13(5-16(11)20-24-8-15(22)9-25-20)21-7-14(21)6-17(19(23)29)28(21)10-18-27-26-12(2)30-18/h3-5,8-9,14,17H,6-7,10H2,1-2H3,(H2,23,29). The summed E-state index contributed by atoms with van der Waals surface area (Å²) in [7, 11) is 0. The van der Waals surface area contributed by atoms with Gasteiger partial charge in [0.15, 0.2) is 11.6 Å². The molecule has 5 rings (SSSR count). The molecule has 2 N–H and O–H groups in total. The summed E-state index contributed by atoms with van der Waals surface area (Å²) in [6, 6.07) is 5.71. The fourth-order valence-electron chi connectivity index (χ4n) is 4.79. The number of carbonyl (C=O) groups excluding carboxylic acids is 1. The lowest BCUT2D eigenvalue weighted by molar-refractivity contribution is -0.124. The summed E-state index contributed by atoms with van der Waals surface area (Å²) in [5.74, 6) is 0.880.